The third kappa shape index (κ3) is 5.16. The maximum absolute atomic E-state index is 14.1. The number of nitrogens with zero attached hydrogens (tertiary/aromatic N) is 4. The number of anilines is 1. The summed E-state index contributed by atoms with van der Waals surface area (Å²) in [5.74, 6) is 3.76. The third-order valence-electron chi connectivity index (χ3n) is 10.5. The number of hydrogen-bond donors (Lipinski definition) is 0. The molecule has 4 saturated carbocycles. The van der Waals surface area contributed by atoms with Crippen molar-refractivity contribution >= 4 is 22.9 Å². The largest absolute Gasteiger partial charge is 0.381 e. The molecule has 0 radical (unpaired) electrons. The van der Waals surface area contributed by atoms with Crippen LogP contribution in [0.25, 0.3) is 11.5 Å². The summed E-state index contributed by atoms with van der Waals surface area (Å²) in [4.78, 5) is 26.1. The van der Waals surface area contributed by atoms with Gasteiger partial charge in [-0.2, -0.15) is 4.98 Å². The Morgan fingerprint density at radius 1 is 1.02 bits per heavy atom. The van der Waals surface area contributed by atoms with Crippen molar-refractivity contribution in [2.75, 3.05) is 24.7 Å². The Morgan fingerprint density at radius 2 is 1.93 bits per heavy atom. The lowest BCUT2D eigenvalue weighted by Crippen LogP contribution is -2.47. The summed E-state index contributed by atoms with van der Waals surface area (Å²) >= 11 is 1.92. The van der Waals surface area contributed by atoms with Crippen molar-refractivity contribution in [2.24, 2.45) is 17.8 Å². The first-order valence-electron chi connectivity index (χ1n) is 15.9. The van der Waals surface area contributed by atoms with Gasteiger partial charge in [0.2, 0.25) is 5.91 Å². The fourth-order valence-corrected chi connectivity index (χ4v) is 8.93. The molecule has 1 aromatic carbocycles. The fraction of sp³-hybridized carbons (Fsp3) is 0.636. The molecule has 41 heavy (non-hydrogen) atoms. The molecule has 4 atom stereocenters. The summed E-state index contributed by atoms with van der Waals surface area (Å²) in [7, 11) is 0. The molecule has 216 valence electrons. The summed E-state index contributed by atoms with van der Waals surface area (Å²) in [6.45, 7) is 2.04. The number of amides is 1. The van der Waals surface area contributed by atoms with Gasteiger partial charge in [0.05, 0.1) is 23.2 Å². The number of fused-ring (bicyclic) bond motifs is 2. The summed E-state index contributed by atoms with van der Waals surface area (Å²) in [6.07, 6.45) is 14.1. The quantitative estimate of drug-likeness (QED) is 0.283. The van der Waals surface area contributed by atoms with Gasteiger partial charge in [-0.25, -0.2) is 4.98 Å². The number of hydrogen-bond acceptors (Lipinski definition) is 7. The molecule has 4 unspecified atom stereocenters. The number of carbonyl (C=O) groups excluding carboxylic acids is 1. The van der Waals surface area contributed by atoms with Crippen LogP contribution in [0.15, 0.2) is 34.2 Å². The highest BCUT2D eigenvalue weighted by molar-refractivity contribution is 7.09. The van der Waals surface area contributed by atoms with E-state index in [0.717, 1.165) is 68.2 Å². The van der Waals surface area contributed by atoms with Crippen LogP contribution in [0.3, 0.4) is 0 Å². The van der Waals surface area contributed by atoms with E-state index in [2.05, 4.69) is 32.6 Å². The molecule has 1 aliphatic heterocycles. The van der Waals surface area contributed by atoms with Crippen LogP contribution in [-0.2, 0) is 14.9 Å². The summed E-state index contributed by atoms with van der Waals surface area (Å²) in [6, 6.07) is 8.19. The van der Waals surface area contributed by atoms with Crippen molar-refractivity contribution in [3.8, 4) is 11.5 Å². The van der Waals surface area contributed by atoms with Crippen LogP contribution in [0.1, 0.15) is 105 Å². The van der Waals surface area contributed by atoms with Crippen LogP contribution in [0, 0.1) is 17.8 Å². The van der Waals surface area contributed by atoms with E-state index >= 15 is 0 Å². The number of rotatable bonds is 8. The highest BCUT2D eigenvalue weighted by atomic mass is 32.1. The summed E-state index contributed by atoms with van der Waals surface area (Å²) in [5, 5.41) is 7.96. The van der Waals surface area contributed by atoms with Gasteiger partial charge in [-0.1, -0.05) is 24.1 Å². The Bertz CT molecular complexity index is 1400. The second-order valence-electron chi connectivity index (χ2n) is 13.4. The van der Waals surface area contributed by atoms with E-state index in [9.17, 15) is 4.79 Å². The van der Waals surface area contributed by atoms with E-state index in [-0.39, 0.29) is 17.2 Å². The first-order chi connectivity index (χ1) is 20.1. The van der Waals surface area contributed by atoms with Crippen LogP contribution in [-0.4, -0.2) is 40.8 Å². The van der Waals surface area contributed by atoms with E-state index < -0.39 is 0 Å². The standard InChI is InChI=1S/C33H40N4O3S/c38-31(26-6-3-15-39-19-26)37(27-7-1-4-23(16-27)30-35-29(36-40-30)22-10-11-22)18-25-12-14-33(13-2-5-24(25)17-33)32-34-28(20-41-32)21-8-9-21/h1,4,7,16,20-22,24-26H,2-3,5-6,8-15,17-19H2. The number of carbonyl (C=O) groups is 1. The zero-order valence-electron chi connectivity index (χ0n) is 23.8. The number of aromatic nitrogens is 3. The van der Waals surface area contributed by atoms with Crippen LogP contribution in [0.4, 0.5) is 5.69 Å². The molecule has 1 amide bonds. The van der Waals surface area contributed by atoms with Crippen LogP contribution in [0.5, 0.6) is 0 Å². The van der Waals surface area contributed by atoms with Crippen molar-refractivity contribution in [3.05, 3.63) is 46.2 Å². The summed E-state index contributed by atoms with van der Waals surface area (Å²) in [5.41, 5.74) is 3.42. The molecule has 4 aliphatic carbocycles. The summed E-state index contributed by atoms with van der Waals surface area (Å²) < 4.78 is 11.4. The molecule has 1 saturated heterocycles. The van der Waals surface area contributed by atoms with Gasteiger partial charge in [-0.3, -0.25) is 4.79 Å². The van der Waals surface area contributed by atoms with Crippen molar-refractivity contribution in [2.45, 2.75) is 94.3 Å². The predicted molar refractivity (Wildman–Crippen MR) is 158 cm³/mol. The Labute approximate surface area is 246 Å². The first kappa shape index (κ1) is 26.1. The van der Waals surface area contributed by atoms with Crippen molar-refractivity contribution in [1.82, 2.24) is 15.1 Å². The Morgan fingerprint density at radius 3 is 2.76 bits per heavy atom. The van der Waals surface area contributed by atoms with Crippen molar-refractivity contribution < 1.29 is 14.1 Å². The molecular weight excluding hydrogens is 532 g/mol. The van der Waals surface area contributed by atoms with Crippen molar-refractivity contribution in [3.63, 3.8) is 0 Å². The lowest BCUT2D eigenvalue weighted by Gasteiger charge is -2.49. The number of benzene rings is 1. The molecule has 3 heterocycles. The average molecular weight is 573 g/mol. The fourth-order valence-electron chi connectivity index (χ4n) is 7.75. The van der Waals surface area contributed by atoms with Gasteiger partial charge in [0.1, 0.15) is 0 Å². The second kappa shape index (κ2) is 10.6. The van der Waals surface area contributed by atoms with Gasteiger partial charge in [0, 0.05) is 47.0 Å². The molecule has 0 N–H and O–H groups in total. The molecule has 5 aliphatic rings. The van der Waals surface area contributed by atoms with E-state index in [0.29, 0.717) is 30.3 Å². The monoisotopic (exact) mass is 572 g/mol. The number of ether oxygens (including phenoxy) is 1. The van der Waals surface area contributed by atoms with Gasteiger partial charge in [0.15, 0.2) is 5.82 Å². The lowest BCUT2D eigenvalue weighted by molar-refractivity contribution is -0.126. The van der Waals surface area contributed by atoms with Gasteiger partial charge < -0.3 is 14.2 Å². The van der Waals surface area contributed by atoms with E-state index in [1.807, 2.05) is 23.5 Å². The molecule has 8 rings (SSSR count). The smallest absolute Gasteiger partial charge is 0.258 e. The first-order valence-corrected chi connectivity index (χ1v) is 16.8. The maximum atomic E-state index is 14.1. The minimum absolute atomic E-state index is 0.0810. The molecule has 8 heteroatoms. The molecular formula is C33H40N4O3S. The van der Waals surface area contributed by atoms with Gasteiger partial charge in [0.25, 0.3) is 5.89 Å². The topological polar surface area (TPSA) is 81.4 Å². The molecule has 7 nitrogen and oxygen atoms in total. The SMILES string of the molecule is O=C(C1CCCOC1)N(CC1CCC2(c3nc(C4CC4)cs3)CCCC1C2)c1cccc(-c2nc(C3CC3)no2)c1. The van der Waals surface area contributed by atoms with Crippen molar-refractivity contribution in [1.29, 1.82) is 0 Å². The minimum Gasteiger partial charge on any atom is -0.381 e. The number of thiazole rings is 1. The highest BCUT2D eigenvalue weighted by Crippen LogP contribution is 2.54. The van der Waals surface area contributed by atoms with Gasteiger partial charge in [-0.05, 0) is 94.2 Å². The van der Waals surface area contributed by atoms with Crippen LogP contribution < -0.4 is 4.90 Å². The lowest BCUT2D eigenvalue weighted by atomic mass is 9.58. The normalized spacial score (nSPS) is 29.8. The Kier molecular flexibility index (Phi) is 6.74. The molecule has 3 aromatic rings. The molecule has 0 spiro atoms. The van der Waals surface area contributed by atoms with Gasteiger partial charge >= 0.3 is 0 Å². The van der Waals surface area contributed by atoms with E-state index in [4.69, 9.17) is 14.2 Å². The predicted octanol–water partition coefficient (Wildman–Crippen LogP) is 7.25. The van der Waals surface area contributed by atoms with Crippen LogP contribution in [0.2, 0.25) is 0 Å². The third-order valence-corrected chi connectivity index (χ3v) is 11.6. The van der Waals surface area contributed by atoms with Gasteiger partial charge in [-0.15, -0.1) is 11.3 Å². The highest BCUT2D eigenvalue weighted by Gasteiger charge is 2.47. The Hall–Kier alpha value is -2.58. The van der Waals surface area contributed by atoms with Crippen LogP contribution >= 0.6 is 11.3 Å². The second-order valence-corrected chi connectivity index (χ2v) is 14.3. The molecule has 2 bridgehead atoms. The van der Waals surface area contributed by atoms with E-state index in [1.165, 1.54) is 55.6 Å². The minimum atomic E-state index is -0.0810. The average Bonchev–Trinajstić information content (AvgIpc) is 3.95. The Balaban J connectivity index is 1.05. The zero-order valence-corrected chi connectivity index (χ0v) is 24.6. The maximum Gasteiger partial charge on any atom is 0.258 e. The molecule has 2 aromatic heterocycles. The zero-order chi connectivity index (χ0) is 27.4. The van der Waals surface area contributed by atoms with E-state index in [1.54, 1.807) is 0 Å². The molecule has 5 fully saturated rings.